The summed E-state index contributed by atoms with van der Waals surface area (Å²) in [7, 11) is 3.02. The highest BCUT2D eigenvalue weighted by Gasteiger charge is 2.41. The van der Waals surface area contributed by atoms with E-state index >= 15 is 0 Å². The second-order valence-corrected chi connectivity index (χ2v) is 4.57. The number of ketones is 1. The fraction of sp³-hybridized carbons (Fsp3) is 0.833. The van der Waals surface area contributed by atoms with Gasteiger partial charge in [-0.15, -0.1) is 0 Å². The van der Waals surface area contributed by atoms with Crippen LogP contribution in [0.5, 0.6) is 0 Å². The molecule has 0 radical (unpaired) electrons. The van der Waals surface area contributed by atoms with Gasteiger partial charge in [0.25, 0.3) is 0 Å². The summed E-state index contributed by atoms with van der Waals surface area (Å²) < 4.78 is 9.85. The zero-order valence-electron chi connectivity index (χ0n) is 10.2. The van der Waals surface area contributed by atoms with E-state index in [1.54, 1.807) is 14.0 Å². The molecular formula is C12H20O4. The fourth-order valence-electron chi connectivity index (χ4n) is 2.45. The molecule has 0 aromatic heterocycles. The van der Waals surface area contributed by atoms with E-state index < -0.39 is 0 Å². The van der Waals surface area contributed by atoms with E-state index in [-0.39, 0.29) is 23.1 Å². The van der Waals surface area contributed by atoms with Crippen LogP contribution in [0.2, 0.25) is 0 Å². The van der Waals surface area contributed by atoms with Gasteiger partial charge in [-0.25, -0.2) is 0 Å². The number of methoxy groups -OCH3 is 2. The molecule has 92 valence electrons. The van der Waals surface area contributed by atoms with E-state index in [4.69, 9.17) is 9.47 Å². The molecule has 16 heavy (non-hydrogen) atoms. The number of ether oxygens (including phenoxy) is 2. The second-order valence-electron chi connectivity index (χ2n) is 4.57. The van der Waals surface area contributed by atoms with E-state index in [1.165, 1.54) is 7.11 Å². The van der Waals surface area contributed by atoms with Crippen LogP contribution in [0.4, 0.5) is 0 Å². The first kappa shape index (κ1) is 13.2. The molecule has 0 unspecified atom stereocenters. The Labute approximate surface area is 96.3 Å². The summed E-state index contributed by atoms with van der Waals surface area (Å²) in [6.45, 7) is 2.06. The van der Waals surface area contributed by atoms with Gasteiger partial charge < -0.3 is 9.47 Å². The molecular weight excluding hydrogens is 208 g/mol. The molecule has 0 bridgehead atoms. The maximum atomic E-state index is 11.7. The Hall–Kier alpha value is -0.900. The SMILES string of the molecule is COC[C@]1(C(C)=O)CC[C@@H](C(=O)OC)CC1. The van der Waals surface area contributed by atoms with Crippen LogP contribution in [0.25, 0.3) is 0 Å². The van der Waals surface area contributed by atoms with E-state index in [0.717, 1.165) is 25.7 Å². The smallest absolute Gasteiger partial charge is 0.308 e. The van der Waals surface area contributed by atoms with Gasteiger partial charge in [-0.2, -0.15) is 0 Å². The zero-order chi connectivity index (χ0) is 12.2. The van der Waals surface area contributed by atoms with Crippen LogP contribution in [0.3, 0.4) is 0 Å². The Morgan fingerprint density at radius 3 is 2.19 bits per heavy atom. The summed E-state index contributed by atoms with van der Waals surface area (Å²) in [5, 5.41) is 0. The Morgan fingerprint density at radius 1 is 1.25 bits per heavy atom. The molecule has 0 atom stereocenters. The van der Waals surface area contributed by atoms with Gasteiger partial charge in [0.1, 0.15) is 5.78 Å². The van der Waals surface area contributed by atoms with E-state index in [2.05, 4.69) is 0 Å². The van der Waals surface area contributed by atoms with Crippen molar-refractivity contribution in [3.8, 4) is 0 Å². The van der Waals surface area contributed by atoms with Crippen molar-refractivity contribution in [3.05, 3.63) is 0 Å². The molecule has 0 aromatic rings. The molecule has 0 amide bonds. The van der Waals surface area contributed by atoms with Crippen molar-refractivity contribution in [1.82, 2.24) is 0 Å². The normalized spacial score (nSPS) is 29.8. The largest absolute Gasteiger partial charge is 0.469 e. The number of carbonyl (C=O) groups is 2. The first-order chi connectivity index (χ1) is 7.55. The van der Waals surface area contributed by atoms with Gasteiger partial charge in [-0.1, -0.05) is 0 Å². The van der Waals surface area contributed by atoms with Gasteiger partial charge in [-0.05, 0) is 32.6 Å². The molecule has 1 fully saturated rings. The van der Waals surface area contributed by atoms with Gasteiger partial charge in [-0.3, -0.25) is 9.59 Å². The van der Waals surface area contributed by atoms with Gasteiger partial charge in [0.05, 0.1) is 25.0 Å². The quantitative estimate of drug-likeness (QED) is 0.685. The first-order valence-corrected chi connectivity index (χ1v) is 5.63. The number of Topliss-reactive ketones (excluding diaryl/α,β-unsaturated/α-hetero) is 1. The van der Waals surface area contributed by atoms with Gasteiger partial charge in [0.2, 0.25) is 0 Å². The minimum absolute atomic E-state index is 0.0469. The molecule has 0 saturated heterocycles. The fourth-order valence-corrected chi connectivity index (χ4v) is 2.45. The third kappa shape index (κ3) is 2.61. The van der Waals surface area contributed by atoms with E-state index in [9.17, 15) is 9.59 Å². The third-order valence-corrected chi connectivity index (χ3v) is 3.64. The zero-order valence-corrected chi connectivity index (χ0v) is 10.2. The summed E-state index contributed by atoms with van der Waals surface area (Å²) in [5.74, 6) is -0.0402. The lowest BCUT2D eigenvalue weighted by Gasteiger charge is -2.36. The number of hydrogen-bond donors (Lipinski definition) is 0. The summed E-state index contributed by atoms with van der Waals surface area (Å²) >= 11 is 0. The Kier molecular flexibility index (Phi) is 4.47. The molecule has 0 aromatic carbocycles. The highest BCUT2D eigenvalue weighted by molar-refractivity contribution is 5.83. The Morgan fingerprint density at radius 2 is 1.81 bits per heavy atom. The molecule has 0 spiro atoms. The van der Waals surface area contributed by atoms with Crippen molar-refractivity contribution >= 4 is 11.8 Å². The molecule has 4 heteroatoms. The van der Waals surface area contributed by atoms with Gasteiger partial charge in [0, 0.05) is 7.11 Å². The average Bonchev–Trinajstić information content (AvgIpc) is 2.29. The first-order valence-electron chi connectivity index (χ1n) is 5.63. The van der Waals surface area contributed by atoms with Crippen LogP contribution < -0.4 is 0 Å². The minimum atomic E-state index is -0.376. The molecule has 0 N–H and O–H groups in total. The molecule has 1 aliphatic rings. The molecule has 1 aliphatic carbocycles. The third-order valence-electron chi connectivity index (χ3n) is 3.64. The molecule has 4 nitrogen and oxygen atoms in total. The van der Waals surface area contributed by atoms with Crippen LogP contribution in [0.1, 0.15) is 32.6 Å². The lowest BCUT2D eigenvalue weighted by atomic mass is 9.69. The standard InChI is InChI=1S/C12H20O4/c1-9(13)12(8-15-2)6-4-10(5-7-12)11(14)16-3/h10H,4-8H2,1-3H3/t10-,12+. The number of hydrogen-bond acceptors (Lipinski definition) is 4. The minimum Gasteiger partial charge on any atom is -0.469 e. The number of carbonyl (C=O) groups excluding carboxylic acids is 2. The lowest BCUT2D eigenvalue weighted by molar-refractivity contribution is -0.149. The summed E-state index contributed by atoms with van der Waals surface area (Å²) in [6.07, 6.45) is 2.87. The van der Waals surface area contributed by atoms with Crippen LogP contribution in [0.15, 0.2) is 0 Å². The Balaban J connectivity index is 2.63. The number of rotatable bonds is 4. The van der Waals surface area contributed by atoms with Gasteiger partial charge in [0.15, 0.2) is 0 Å². The monoisotopic (exact) mass is 228 g/mol. The average molecular weight is 228 g/mol. The Bertz CT molecular complexity index is 264. The maximum Gasteiger partial charge on any atom is 0.308 e. The van der Waals surface area contributed by atoms with Crippen LogP contribution in [-0.4, -0.2) is 32.6 Å². The number of esters is 1. The van der Waals surface area contributed by atoms with Crippen molar-refractivity contribution in [2.24, 2.45) is 11.3 Å². The lowest BCUT2D eigenvalue weighted by Crippen LogP contribution is -2.39. The molecule has 1 rings (SSSR count). The van der Waals surface area contributed by atoms with Crippen molar-refractivity contribution in [3.63, 3.8) is 0 Å². The van der Waals surface area contributed by atoms with Crippen LogP contribution in [-0.2, 0) is 19.1 Å². The predicted molar refractivity (Wildman–Crippen MR) is 59.0 cm³/mol. The summed E-state index contributed by atoms with van der Waals surface area (Å²) in [6, 6.07) is 0. The molecule has 1 saturated carbocycles. The summed E-state index contributed by atoms with van der Waals surface area (Å²) in [4.78, 5) is 23.0. The highest BCUT2D eigenvalue weighted by atomic mass is 16.5. The summed E-state index contributed by atoms with van der Waals surface area (Å²) in [5.41, 5.74) is -0.376. The molecule has 0 heterocycles. The maximum absolute atomic E-state index is 11.7. The second kappa shape index (κ2) is 5.43. The predicted octanol–water partition coefficient (Wildman–Crippen LogP) is 1.57. The highest BCUT2D eigenvalue weighted by Crippen LogP contribution is 2.40. The van der Waals surface area contributed by atoms with Crippen LogP contribution in [0, 0.1) is 11.3 Å². The van der Waals surface area contributed by atoms with E-state index in [1.807, 2.05) is 0 Å². The van der Waals surface area contributed by atoms with Crippen molar-refractivity contribution < 1.29 is 19.1 Å². The van der Waals surface area contributed by atoms with Crippen molar-refractivity contribution in [2.45, 2.75) is 32.6 Å². The molecule has 0 aliphatic heterocycles. The van der Waals surface area contributed by atoms with Crippen molar-refractivity contribution in [2.75, 3.05) is 20.8 Å². The van der Waals surface area contributed by atoms with Gasteiger partial charge >= 0.3 is 5.97 Å². The van der Waals surface area contributed by atoms with E-state index in [0.29, 0.717) is 6.61 Å². The van der Waals surface area contributed by atoms with Crippen LogP contribution >= 0.6 is 0 Å². The van der Waals surface area contributed by atoms with Crippen molar-refractivity contribution in [1.29, 1.82) is 0 Å². The topological polar surface area (TPSA) is 52.6 Å².